The molecule has 0 spiro atoms. The Labute approximate surface area is 185 Å². The van der Waals surface area contributed by atoms with Crippen molar-refractivity contribution in [2.45, 2.75) is 13.0 Å². The topological polar surface area (TPSA) is 89.0 Å². The van der Waals surface area contributed by atoms with Gasteiger partial charge in [0.15, 0.2) is 0 Å². The van der Waals surface area contributed by atoms with Gasteiger partial charge in [0.1, 0.15) is 17.3 Å². The molecule has 0 saturated carbocycles. The van der Waals surface area contributed by atoms with E-state index in [1.165, 1.54) is 19.1 Å². The maximum Gasteiger partial charge on any atom is 0.300 e. The van der Waals surface area contributed by atoms with Gasteiger partial charge in [-0.05, 0) is 48.9 Å². The third kappa shape index (κ3) is 3.58. The second kappa shape index (κ2) is 8.55. The quantitative estimate of drug-likeness (QED) is 0.373. The Morgan fingerprint density at radius 3 is 2.44 bits per heavy atom. The van der Waals surface area contributed by atoms with Crippen molar-refractivity contribution in [3.05, 3.63) is 89.3 Å². The fourth-order valence-electron chi connectivity index (χ4n) is 3.87. The monoisotopic (exact) mass is 430 g/mol. The molecule has 7 heteroatoms. The summed E-state index contributed by atoms with van der Waals surface area (Å²) < 4.78 is 10.7. The number of methoxy groups -OCH3 is 2. The summed E-state index contributed by atoms with van der Waals surface area (Å²) in [5.41, 5.74) is 2.30. The predicted molar refractivity (Wildman–Crippen MR) is 120 cm³/mol. The highest BCUT2D eigenvalue weighted by molar-refractivity contribution is 6.51. The summed E-state index contributed by atoms with van der Waals surface area (Å²) in [6, 6.07) is 14.7. The number of aliphatic hydroxyl groups excluding tert-OH is 1. The van der Waals surface area contributed by atoms with Gasteiger partial charge in [0.05, 0.1) is 31.4 Å². The van der Waals surface area contributed by atoms with Crippen LogP contribution in [0.1, 0.15) is 22.7 Å². The van der Waals surface area contributed by atoms with Crippen molar-refractivity contribution in [1.29, 1.82) is 0 Å². The Morgan fingerprint density at radius 2 is 1.75 bits per heavy atom. The summed E-state index contributed by atoms with van der Waals surface area (Å²) in [6.45, 7) is 1.87. The van der Waals surface area contributed by atoms with Crippen molar-refractivity contribution in [2.75, 3.05) is 19.1 Å². The van der Waals surface area contributed by atoms with Crippen LogP contribution in [0.3, 0.4) is 0 Å². The van der Waals surface area contributed by atoms with E-state index in [4.69, 9.17) is 9.47 Å². The number of ether oxygens (including phenoxy) is 2. The molecular weight excluding hydrogens is 408 g/mol. The third-order valence-electron chi connectivity index (χ3n) is 5.41. The van der Waals surface area contributed by atoms with Crippen molar-refractivity contribution in [3.8, 4) is 11.5 Å². The number of amides is 1. The smallest absolute Gasteiger partial charge is 0.300 e. The van der Waals surface area contributed by atoms with Gasteiger partial charge in [0.25, 0.3) is 11.7 Å². The van der Waals surface area contributed by atoms with Crippen LogP contribution in [0.15, 0.2) is 72.6 Å². The van der Waals surface area contributed by atoms with E-state index in [1.54, 1.807) is 60.9 Å². The molecule has 1 aliphatic rings. The number of carbonyl (C=O) groups excluding carboxylic acids is 2. The van der Waals surface area contributed by atoms with Gasteiger partial charge < -0.3 is 14.6 Å². The number of aromatic nitrogens is 1. The molecule has 1 saturated heterocycles. The van der Waals surface area contributed by atoms with Gasteiger partial charge in [0, 0.05) is 24.1 Å². The van der Waals surface area contributed by atoms with Crippen LogP contribution in [-0.2, 0) is 9.59 Å². The highest BCUT2D eigenvalue weighted by Crippen LogP contribution is 2.43. The number of aliphatic hydroxyl groups is 1. The second-order valence-electron chi connectivity index (χ2n) is 7.35. The molecule has 1 fully saturated rings. The molecule has 32 heavy (non-hydrogen) atoms. The van der Waals surface area contributed by atoms with Gasteiger partial charge in [0.2, 0.25) is 0 Å². The van der Waals surface area contributed by atoms with Crippen LogP contribution in [0.2, 0.25) is 0 Å². The first-order valence-corrected chi connectivity index (χ1v) is 9.96. The highest BCUT2D eigenvalue weighted by atomic mass is 16.5. The fourth-order valence-corrected chi connectivity index (χ4v) is 3.87. The Kier molecular flexibility index (Phi) is 5.64. The van der Waals surface area contributed by atoms with Gasteiger partial charge in [-0.3, -0.25) is 19.5 Å². The number of Topliss-reactive ketones (excluding diaryl/α,β-unsaturated/α-hetero) is 1. The summed E-state index contributed by atoms with van der Waals surface area (Å²) in [4.78, 5) is 31.8. The summed E-state index contributed by atoms with van der Waals surface area (Å²) >= 11 is 0. The molecule has 1 amide bonds. The Hall–Kier alpha value is -4.13. The zero-order chi connectivity index (χ0) is 22.8. The SMILES string of the molecule is COc1cccc(N2C(=O)C(=O)/C(=C(/O)c3cc(C)ccc3OC)C2c2ccncc2)c1. The number of benzene rings is 2. The van der Waals surface area contributed by atoms with E-state index < -0.39 is 17.7 Å². The van der Waals surface area contributed by atoms with E-state index in [9.17, 15) is 14.7 Å². The number of pyridine rings is 1. The molecule has 0 aliphatic carbocycles. The molecule has 2 heterocycles. The number of ketones is 1. The number of hydrogen-bond acceptors (Lipinski definition) is 6. The minimum absolute atomic E-state index is 0.0204. The zero-order valence-electron chi connectivity index (χ0n) is 17.9. The van der Waals surface area contributed by atoms with Crippen LogP contribution in [0.25, 0.3) is 5.76 Å². The number of aryl methyl sites for hydroxylation is 1. The van der Waals surface area contributed by atoms with Gasteiger partial charge in [-0.1, -0.05) is 17.7 Å². The number of anilines is 1. The van der Waals surface area contributed by atoms with Crippen molar-refractivity contribution in [1.82, 2.24) is 4.98 Å². The predicted octanol–water partition coefficient (Wildman–Crippen LogP) is 4.03. The summed E-state index contributed by atoms with van der Waals surface area (Å²) in [5.74, 6) is -0.882. The molecule has 0 bridgehead atoms. The molecule has 2 aromatic carbocycles. The van der Waals surface area contributed by atoms with Crippen LogP contribution in [0, 0.1) is 6.92 Å². The molecule has 1 aromatic heterocycles. The van der Waals surface area contributed by atoms with Gasteiger partial charge in [-0.2, -0.15) is 0 Å². The van der Waals surface area contributed by atoms with E-state index in [1.807, 2.05) is 13.0 Å². The first-order chi connectivity index (χ1) is 15.5. The van der Waals surface area contributed by atoms with Gasteiger partial charge in [-0.25, -0.2) is 0 Å². The average molecular weight is 430 g/mol. The maximum atomic E-state index is 13.2. The van der Waals surface area contributed by atoms with E-state index in [-0.39, 0.29) is 11.3 Å². The fraction of sp³-hybridized carbons (Fsp3) is 0.160. The van der Waals surface area contributed by atoms with Gasteiger partial charge in [-0.15, -0.1) is 0 Å². The van der Waals surface area contributed by atoms with Crippen molar-refractivity contribution in [2.24, 2.45) is 0 Å². The molecule has 3 aromatic rings. The standard InChI is InChI=1S/C25H22N2O5/c1-15-7-8-20(32-3)19(13-15)23(28)21-22(16-9-11-26-12-10-16)27(25(30)24(21)29)17-5-4-6-18(14-17)31-2/h4-14,22,28H,1-3H3/b23-21+. The van der Waals surface area contributed by atoms with Crippen molar-refractivity contribution < 1.29 is 24.2 Å². The molecule has 4 rings (SSSR count). The second-order valence-corrected chi connectivity index (χ2v) is 7.35. The molecule has 1 N–H and O–H groups in total. The van der Waals surface area contributed by atoms with Crippen LogP contribution in [0.4, 0.5) is 5.69 Å². The number of hydrogen-bond donors (Lipinski definition) is 1. The Bertz CT molecular complexity index is 1220. The normalized spacial score (nSPS) is 17.5. The first-order valence-electron chi connectivity index (χ1n) is 9.96. The van der Waals surface area contributed by atoms with E-state index in [0.29, 0.717) is 28.3 Å². The van der Waals surface area contributed by atoms with Crippen LogP contribution in [0.5, 0.6) is 11.5 Å². The van der Waals surface area contributed by atoms with Gasteiger partial charge >= 0.3 is 0 Å². The Balaban J connectivity index is 1.98. The Morgan fingerprint density at radius 1 is 1.00 bits per heavy atom. The number of carbonyl (C=O) groups is 2. The summed E-state index contributed by atoms with van der Waals surface area (Å²) in [6.07, 6.45) is 3.16. The first kappa shape index (κ1) is 21.1. The van der Waals surface area contributed by atoms with E-state index in [0.717, 1.165) is 5.56 Å². The lowest BCUT2D eigenvalue weighted by molar-refractivity contribution is -0.132. The molecule has 0 radical (unpaired) electrons. The lowest BCUT2D eigenvalue weighted by atomic mass is 9.95. The van der Waals surface area contributed by atoms with Crippen LogP contribution >= 0.6 is 0 Å². The minimum Gasteiger partial charge on any atom is -0.507 e. The molecular formula is C25H22N2O5. The minimum atomic E-state index is -0.852. The summed E-state index contributed by atoms with van der Waals surface area (Å²) in [5, 5.41) is 11.3. The molecule has 1 atom stereocenters. The molecule has 1 unspecified atom stereocenters. The third-order valence-corrected chi connectivity index (χ3v) is 5.41. The maximum absolute atomic E-state index is 13.2. The molecule has 1 aliphatic heterocycles. The van der Waals surface area contributed by atoms with Crippen molar-refractivity contribution in [3.63, 3.8) is 0 Å². The largest absolute Gasteiger partial charge is 0.507 e. The molecule has 162 valence electrons. The lowest BCUT2D eigenvalue weighted by Gasteiger charge is -2.25. The molecule has 7 nitrogen and oxygen atoms in total. The number of nitrogens with zero attached hydrogens (tertiary/aromatic N) is 2. The van der Waals surface area contributed by atoms with Crippen LogP contribution in [-0.4, -0.2) is 36.0 Å². The van der Waals surface area contributed by atoms with Crippen LogP contribution < -0.4 is 14.4 Å². The number of rotatable bonds is 5. The lowest BCUT2D eigenvalue weighted by Crippen LogP contribution is -2.29. The van der Waals surface area contributed by atoms with E-state index >= 15 is 0 Å². The highest BCUT2D eigenvalue weighted by Gasteiger charge is 2.47. The summed E-state index contributed by atoms with van der Waals surface area (Å²) in [7, 11) is 3.01. The average Bonchev–Trinajstić information content (AvgIpc) is 3.09. The van der Waals surface area contributed by atoms with E-state index in [2.05, 4.69) is 4.98 Å². The van der Waals surface area contributed by atoms with Crippen molar-refractivity contribution >= 4 is 23.1 Å². The zero-order valence-corrected chi connectivity index (χ0v) is 17.9.